The zero-order valence-electron chi connectivity index (χ0n) is 9.65. The number of hydrogen-bond donors (Lipinski definition) is 1. The maximum Gasteiger partial charge on any atom is 0.209 e. The van der Waals surface area contributed by atoms with Crippen molar-refractivity contribution in [2.24, 2.45) is 0 Å². The van der Waals surface area contributed by atoms with Crippen LogP contribution >= 0.6 is 0 Å². The maximum absolute atomic E-state index is 10.9. The molecule has 5 nitrogen and oxygen atoms in total. The lowest BCUT2D eigenvalue weighted by molar-refractivity contribution is 0.0455. The van der Waals surface area contributed by atoms with Crippen molar-refractivity contribution in [1.29, 1.82) is 0 Å². The lowest BCUT2D eigenvalue weighted by Gasteiger charge is -2.15. The summed E-state index contributed by atoms with van der Waals surface area (Å²) in [4.78, 5) is 0. The highest BCUT2D eigenvalue weighted by Crippen LogP contribution is 1.94. The van der Waals surface area contributed by atoms with Gasteiger partial charge in [0, 0.05) is 12.6 Å². The van der Waals surface area contributed by atoms with Gasteiger partial charge in [0.15, 0.2) is 0 Å². The lowest BCUT2D eigenvalue weighted by Crippen LogP contribution is -2.37. The monoisotopic (exact) mass is 239 g/mol. The largest absolute Gasteiger partial charge is 0.379 e. The minimum absolute atomic E-state index is 0.151. The Bertz CT molecular complexity index is 240. The molecule has 1 atom stereocenters. The Labute approximate surface area is 92.2 Å². The van der Waals surface area contributed by atoms with Gasteiger partial charge >= 0.3 is 0 Å². The van der Waals surface area contributed by atoms with E-state index in [4.69, 9.17) is 9.47 Å². The van der Waals surface area contributed by atoms with Crippen LogP contribution in [0.3, 0.4) is 0 Å². The van der Waals surface area contributed by atoms with Crippen LogP contribution in [0.15, 0.2) is 0 Å². The Morgan fingerprint density at radius 2 is 1.80 bits per heavy atom. The number of rotatable bonds is 9. The normalized spacial score (nSPS) is 14.1. The van der Waals surface area contributed by atoms with Crippen molar-refractivity contribution >= 4 is 10.0 Å². The van der Waals surface area contributed by atoms with Gasteiger partial charge in [-0.1, -0.05) is 6.92 Å². The topological polar surface area (TPSA) is 64.6 Å². The summed E-state index contributed by atoms with van der Waals surface area (Å²) in [6.07, 6.45) is 1.86. The molecule has 0 aromatic carbocycles. The zero-order chi connectivity index (χ0) is 11.7. The van der Waals surface area contributed by atoms with E-state index in [9.17, 15) is 8.42 Å². The van der Waals surface area contributed by atoms with Crippen LogP contribution in [0.1, 0.15) is 20.3 Å². The SMILES string of the molecule is CCOCCOCC(CC)NS(C)(=O)=O. The Balaban J connectivity index is 3.62. The molecule has 0 aromatic heterocycles. The molecule has 0 spiro atoms. The predicted octanol–water partition coefficient (Wildman–Crippen LogP) is 0.367. The molecule has 0 radical (unpaired) electrons. The highest BCUT2D eigenvalue weighted by atomic mass is 32.2. The van der Waals surface area contributed by atoms with E-state index in [-0.39, 0.29) is 6.04 Å². The van der Waals surface area contributed by atoms with Gasteiger partial charge in [0.05, 0.1) is 26.1 Å². The molecular weight excluding hydrogens is 218 g/mol. The van der Waals surface area contributed by atoms with E-state index in [2.05, 4.69) is 4.72 Å². The fourth-order valence-electron chi connectivity index (χ4n) is 1.03. The first-order valence-electron chi connectivity index (χ1n) is 5.12. The van der Waals surface area contributed by atoms with Crippen LogP contribution in [0, 0.1) is 0 Å². The van der Waals surface area contributed by atoms with Crippen LogP contribution in [0.4, 0.5) is 0 Å². The molecule has 0 aliphatic carbocycles. The van der Waals surface area contributed by atoms with Gasteiger partial charge in [0.2, 0.25) is 10.0 Å². The van der Waals surface area contributed by atoms with E-state index in [1.807, 2.05) is 13.8 Å². The summed E-state index contributed by atoms with van der Waals surface area (Å²) in [6.45, 7) is 5.93. The molecule has 0 aromatic rings. The van der Waals surface area contributed by atoms with Crippen molar-refractivity contribution in [2.45, 2.75) is 26.3 Å². The van der Waals surface area contributed by atoms with E-state index < -0.39 is 10.0 Å². The van der Waals surface area contributed by atoms with Gasteiger partial charge in [0.25, 0.3) is 0 Å². The molecule has 15 heavy (non-hydrogen) atoms. The van der Waals surface area contributed by atoms with Crippen molar-refractivity contribution < 1.29 is 17.9 Å². The van der Waals surface area contributed by atoms with Crippen molar-refractivity contribution in [2.75, 3.05) is 32.7 Å². The second-order valence-corrected chi connectivity index (χ2v) is 5.05. The molecule has 6 heteroatoms. The van der Waals surface area contributed by atoms with Crippen molar-refractivity contribution in [3.8, 4) is 0 Å². The molecule has 0 bridgehead atoms. The van der Waals surface area contributed by atoms with E-state index >= 15 is 0 Å². The second kappa shape index (κ2) is 8.04. The quantitative estimate of drug-likeness (QED) is 0.590. The summed E-state index contributed by atoms with van der Waals surface area (Å²) in [5.74, 6) is 0. The fourth-order valence-corrected chi connectivity index (χ4v) is 1.87. The van der Waals surface area contributed by atoms with E-state index in [0.717, 1.165) is 6.26 Å². The van der Waals surface area contributed by atoms with E-state index in [1.54, 1.807) is 0 Å². The van der Waals surface area contributed by atoms with E-state index in [0.29, 0.717) is 32.8 Å². The molecule has 0 aliphatic heterocycles. The van der Waals surface area contributed by atoms with Crippen LogP contribution in [0.25, 0.3) is 0 Å². The summed E-state index contributed by atoms with van der Waals surface area (Å²) in [7, 11) is -3.14. The molecular formula is C9H21NO4S. The van der Waals surface area contributed by atoms with Gasteiger partial charge < -0.3 is 9.47 Å². The number of ether oxygens (including phenoxy) is 2. The predicted molar refractivity (Wildman–Crippen MR) is 59.4 cm³/mol. The van der Waals surface area contributed by atoms with Crippen LogP contribution in [0.2, 0.25) is 0 Å². The van der Waals surface area contributed by atoms with Crippen molar-refractivity contribution in [3.63, 3.8) is 0 Å². The molecule has 1 unspecified atom stereocenters. The smallest absolute Gasteiger partial charge is 0.209 e. The Kier molecular flexibility index (Phi) is 7.95. The second-order valence-electron chi connectivity index (χ2n) is 3.27. The van der Waals surface area contributed by atoms with Gasteiger partial charge in [-0.25, -0.2) is 13.1 Å². The molecule has 0 saturated carbocycles. The third-order valence-electron chi connectivity index (χ3n) is 1.77. The third kappa shape index (κ3) is 10.1. The van der Waals surface area contributed by atoms with Crippen LogP contribution in [-0.4, -0.2) is 47.1 Å². The summed E-state index contributed by atoms with van der Waals surface area (Å²) in [6, 6.07) is -0.151. The first-order valence-corrected chi connectivity index (χ1v) is 7.01. The van der Waals surface area contributed by atoms with Gasteiger partial charge in [-0.3, -0.25) is 0 Å². The third-order valence-corrected chi connectivity index (χ3v) is 2.53. The molecule has 0 saturated heterocycles. The van der Waals surface area contributed by atoms with Gasteiger partial charge in [-0.15, -0.1) is 0 Å². The summed E-state index contributed by atoms with van der Waals surface area (Å²) >= 11 is 0. The fraction of sp³-hybridized carbons (Fsp3) is 1.00. The number of sulfonamides is 1. The van der Waals surface area contributed by atoms with Gasteiger partial charge in [-0.2, -0.15) is 0 Å². The maximum atomic E-state index is 10.9. The number of nitrogens with one attached hydrogen (secondary N) is 1. The number of hydrogen-bond acceptors (Lipinski definition) is 4. The average molecular weight is 239 g/mol. The first kappa shape index (κ1) is 14.8. The molecule has 0 amide bonds. The highest BCUT2D eigenvalue weighted by Gasteiger charge is 2.11. The van der Waals surface area contributed by atoms with Crippen LogP contribution in [0.5, 0.6) is 0 Å². The van der Waals surface area contributed by atoms with Crippen molar-refractivity contribution in [3.05, 3.63) is 0 Å². The Morgan fingerprint density at radius 3 is 2.27 bits per heavy atom. The molecule has 1 N–H and O–H groups in total. The summed E-state index contributed by atoms with van der Waals surface area (Å²) < 4.78 is 34.8. The summed E-state index contributed by atoms with van der Waals surface area (Å²) in [5, 5.41) is 0. The molecule has 0 aliphatic rings. The molecule has 0 heterocycles. The van der Waals surface area contributed by atoms with Gasteiger partial charge in [0.1, 0.15) is 0 Å². The lowest BCUT2D eigenvalue weighted by atomic mass is 10.3. The van der Waals surface area contributed by atoms with E-state index in [1.165, 1.54) is 0 Å². The Morgan fingerprint density at radius 1 is 1.20 bits per heavy atom. The molecule has 92 valence electrons. The molecule has 0 fully saturated rings. The van der Waals surface area contributed by atoms with Crippen LogP contribution < -0.4 is 4.72 Å². The van der Waals surface area contributed by atoms with Gasteiger partial charge in [-0.05, 0) is 13.3 Å². The minimum atomic E-state index is -3.14. The average Bonchev–Trinajstić information content (AvgIpc) is 2.14. The highest BCUT2D eigenvalue weighted by molar-refractivity contribution is 7.88. The zero-order valence-corrected chi connectivity index (χ0v) is 10.5. The minimum Gasteiger partial charge on any atom is -0.379 e. The van der Waals surface area contributed by atoms with Crippen molar-refractivity contribution in [1.82, 2.24) is 4.72 Å². The standard InChI is InChI=1S/C9H21NO4S/c1-4-9(10-15(3,11)12)8-14-7-6-13-5-2/h9-10H,4-8H2,1-3H3. The summed E-state index contributed by atoms with van der Waals surface area (Å²) in [5.41, 5.74) is 0. The first-order chi connectivity index (χ1) is 6.99. The van der Waals surface area contributed by atoms with Crippen LogP contribution in [-0.2, 0) is 19.5 Å². The Hall–Kier alpha value is -0.170. The molecule has 0 rings (SSSR count).